The summed E-state index contributed by atoms with van der Waals surface area (Å²) in [6.07, 6.45) is 11.3. The maximum atomic E-state index is 13.4. The molecule has 0 amide bonds. The minimum absolute atomic E-state index is 0.0282. The molecule has 0 aromatic rings. The smallest absolute Gasteiger partial charge is 0.466 e. The van der Waals surface area contributed by atoms with Crippen LogP contribution in [-0.2, 0) is 46.8 Å². The Morgan fingerprint density at radius 1 is 0.826 bits per heavy atom. The van der Waals surface area contributed by atoms with Gasteiger partial charge in [0.25, 0.3) is 0 Å². The molecular weight excluding hydrogens is 909 g/mol. The van der Waals surface area contributed by atoms with Gasteiger partial charge < -0.3 is 47.1 Å². The van der Waals surface area contributed by atoms with E-state index in [1.807, 2.05) is 26.8 Å². The molecule has 2 fully saturated rings. The van der Waals surface area contributed by atoms with E-state index in [4.69, 9.17) is 42.0 Å². The van der Waals surface area contributed by atoms with Crippen molar-refractivity contribution in [1.82, 2.24) is 0 Å². The Labute approximate surface area is 422 Å². The van der Waals surface area contributed by atoms with Crippen molar-refractivity contribution in [2.45, 2.75) is 227 Å². The molecule has 2 aliphatic rings. The summed E-state index contributed by atoms with van der Waals surface area (Å²) in [7, 11) is 1.88. The number of aliphatic hydroxyl groups excluding tert-OH is 1. The Bertz CT molecular complexity index is 1730. The summed E-state index contributed by atoms with van der Waals surface area (Å²) >= 11 is 0. The van der Waals surface area contributed by atoms with Gasteiger partial charge in [0.2, 0.25) is 5.79 Å². The molecule has 69 heavy (non-hydrogen) atoms. The Hall–Kier alpha value is -2.15. The Morgan fingerprint density at radius 2 is 1.43 bits per heavy atom. The number of unbranched alkanes of at least 4 members (excludes halogenated alkanes) is 1. The minimum atomic E-state index is -2.29. The first-order chi connectivity index (χ1) is 31.8. The summed E-state index contributed by atoms with van der Waals surface area (Å²) < 4.78 is 57.2. The lowest BCUT2D eigenvalue weighted by Crippen LogP contribution is -2.67. The molecule has 13 atom stereocenters. The van der Waals surface area contributed by atoms with E-state index in [2.05, 4.69) is 114 Å². The van der Waals surface area contributed by atoms with Gasteiger partial charge in [0.15, 0.2) is 28.8 Å². The van der Waals surface area contributed by atoms with Crippen LogP contribution in [0.4, 0.5) is 4.79 Å². The first-order valence-corrected chi connectivity index (χ1v) is 31.6. The molecule has 2 heterocycles. The van der Waals surface area contributed by atoms with Crippen molar-refractivity contribution in [3.63, 3.8) is 0 Å². The second kappa shape index (κ2) is 27.2. The SMILES string of the molecule is COC[C@H](C)C[C@H]1O[C@@](OC)([C@@H]2OC(=O)O[C@@H]2C[C@H](OC)[C@H](CCCCC(C)/C=C/CC(O)[C@H](C)/C=C(C)/C=C(C)/C=C(\C)C(=O)OC)O[Si](C)(C)C(C)(C)C)[C@H](C)[C@@H](O[Si](C)(C)C(C)(C)C)[C@H]1C. The quantitative estimate of drug-likeness (QED) is 0.0209. The number of hydrogen-bond donors (Lipinski definition) is 1. The third kappa shape index (κ3) is 18.1. The van der Waals surface area contributed by atoms with E-state index in [9.17, 15) is 14.7 Å². The molecule has 2 unspecified atom stereocenters. The third-order valence-corrected chi connectivity index (χ3v) is 24.6. The number of allylic oxidation sites excluding steroid dienone is 5. The highest BCUT2D eigenvalue weighted by molar-refractivity contribution is 6.74. The van der Waals surface area contributed by atoms with Crippen LogP contribution in [0.5, 0.6) is 0 Å². The summed E-state index contributed by atoms with van der Waals surface area (Å²) in [6, 6.07) is 0. The number of methoxy groups -OCH3 is 4. The molecular formula is C55H100O12Si2. The second-order valence-electron chi connectivity index (χ2n) is 23.7. The fourth-order valence-corrected chi connectivity index (χ4v) is 12.1. The van der Waals surface area contributed by atoms with Crippen LogP contribution < -0.4 is 0 Å². The first-order valence-electron chi connectivity index (χ1n) is 25.8. The van der Waals surface area contributed by atoms with Gasteiger partial charge in [0.1, 0.15) is 0 Å². The van der Waals surface area contributed by atoms with Crippen molar-refractivity contribution < 1.29 is 56.7 Å². The molecule has 0 radical (unpaired) electrons. The van der Waals surface area contributed by atoms with E-state index in [0.717, 1.165) is 36.8 Å². The number of carbonyl (C=O) groups excluding carboxylic acids is 2. The molecule has 2 saturated heterocycles. The number of cyclic esters (lactones) is 2. The van der Waals surface area contributed by atoms with Gasteiger partial charge >= 0.3 is 12.1 Å². The zero-order valence-corrected chi connectivity index (χ0v) is 49.4. The lowest BCUT2D eigenvalue weighted by atomic mass is 9.75. The largest absolute Gasteiger partial charge is 0.509 e. The van der Waals surface area contributed by atoms with Crippen molar-refractivity contribution >= 4 is 28.8 Å². The van der Waals surface area contributed by atoms with Crippen molar-refractivity contribution in [2.24, 2.45) is 29.6 Å². The van der Waals surface area contributed by atoms with E-state index in [0.29, 0.717) is 37.4 Å². The highest BCUT2D eigenvalue weighted by Crippen LogP contribution is 2.50. The number of esters is 1. The van der Waals surface area contributed by atoms with Crippen molar-refractivity contribution in [2.75, 3.05) is 35.0 Å². The standard InChI is InChI=1S/C55H100O12Si2/c1-36(27-25-28-44(56)40(5)31-37(2)30-38(3)32-41(6)51(57)61-17)26-23-24-29-45(66-68(19,20)53(9,10)11)47(60-16)34-48-50(64-52(58)63-48)55(62-18)43(8)49(67-69(21,22)54(12,13)14)42(7)46(65-55)33-39(4)35-59-15/h25,27,30-32,36,39-40,42-50,56H,23-24,26,28-29,33-35H2,1-22H3/b27-25+,37-31+,38-30+,41-32+/t36?,39-,40-,42+,43-,44?,45+,46-,47+,48-,49+,50-,55-/m1/s1. The van der Waals surface area contributed by atoms with Gasteiger partial charge in [-0.2, -0.15) is 0 Å². The van der Waals surface area contributed by atoms with Crippen molar-refractivity contribution in [1.29, 1.82) is 0 Å². The molecule has 14 heteroatoms. The van der Waals surface area contributed by atoms with Gasteiger partial charge in [-0.15, -0.1) is 0 Å². The maximum Gasteiger partial charge on any atom is 0.509 e. The highest BCUT2D eigenvalue weighted by Gasteiger charge is 2.64. The Kier molecular flexibility index (Phi) is 24.9. The van der Waals surface area contributed by atoms with E-state index in [1.54, 1.807) is 34.3 Å². The summed E-state index contributed by atoms with van der Waals surface area (Å²) in [4.78, 5) is 25.2. The topological polar surface area (TPSA) is 137 Å². The summed E-state index contributed by atoms with van der Waals surface area (Å²) in [5, 5.41) is 10.9. The van der Waals surface area contributed by atoms with Crippen LogP contribution in [-0.4, -0.2) is 117 Å². The van der Waals surface area contributed by atoms with Crippen LogP contribution in [0.1, 0.15) is 142 Å². The first kappa shape index (κ1) is 63.0. The van der Waals surface area contributed by atoms with Crippen molar-refractivity contribution in [3.8, 4) is 0 Å². The average Bonchev–Trinajstić information content (AvgIpc) is 3.62. The van der Waals surface area contributed by atoms with Gasteiger partial charge in [-0.05, 0) is 101 Å². The minimum Gasteiger partial charge on any atom is -0.466 e. The molecule has 2 rings (SSSR count). The van der Waals surface area contributed by atoms with Crippen LogP contribution >= 0.6 is 0 Å². The Balaban J connectivity index is 2.33. The number of rotatable bonds is 27. The Morgan fingerprint density at radius 3 is 1.99 bits per heavy atom. The fourth-order valence-electron chi connectivity index (χ4n) is 9.28. The average molecular weight is 1010 g/mol. The molecule has 1 N–H and O–H groups in total. The molecule has 0 saturated carbocycles. The summed E-state index contributed by atoms with van der Waals surface area (Å²) in [5.41, 5.74) is 2.50. The van der Waals surface area contributed by atoms with Gasteiger partial charge in [0.05, 0.1) is 37.6 Å². The maximum absolute atomic E-state index is 13.4. The van der Waals surface area contributed by atoms with Gasteiger partial charge in [-0.1, -0.05) is 124 Å². The monoisotopic (exact) mass is 1010 g/mol. The molecule has 12 nitrogen and oxygen atoms in total. The second-order valence-corrected chi connectivity index (χ2v) is 33.2. The van der Waals surface area contributed by atoms with E-state index >= 15 is 0 Å². The van der Waals surface area contributed by atoms with Crippen LogP contribution in [0, 0.1) is 29.6 Å². The number of hydrogen-bond acceptors (Lipinski definition) is 12. The molecule has 400 valence electrons. The molecule has 0 spiro atoms. The van der Waals surface area contributed by atoms with Crippen LogP contribution in [0.25, 0.3) is 0 Å². The van der Waals surface area contributed by atoms with Crippen molar-refractivity contribution in [3.05, 3.63) is 47.1 Å². The number of aliphatic hydroxyl groups is 1. The van der Waals surface area contributed by atoms with E-state index in [-0.39, 0.29) is 58.0 Å². The molecule has 0 bridgehead atoms. The molecule has 0 aliphatic carbocycles. The molecule has 0 aromatic carbocycles. The van der Waals surface area contributed by atoms with E-state index < -0.39 is 53.0 Å². The fraction of sp³-hybridized carbons (Fsp3) is 0.818. The number of carbonyl (C=O) groups is 2. The predicted molar refractivity (Wildman–Crippen MR) is 283 cm³/mol. The van der Waals surface area contributed by atoms with Gasteiger partial charge in [-0.25, -0.2) is 9.59 Å². The molecule has 2 aliphatic heterocycles. The zero-order valence-electron chi connectivity index (χ0n) is 47.4. The zero-order chi connectivity index (χ0) is 52.9. The highest BCUT2D eigenvalue weighted by atomic mass is 28.4. The van der Waals surface area contributed by atoms with Crippen LogP contribution in [0.15, 0.2) is 47.1 Å². The summed E-state index contributed by atoms with van der Waals surface area (Å²) in [6.45, 7) is 39.5. The third-order valence-electron chi connectivity index (χ3n) is 15.6. The predicted octanol–water partition coefficient (Wildman–Crippen LogP) is 12.9. The van der Waals surface area contributed by atoms with Crippen LogP contribution in [0.2, 0.25) is 36.3 Å². The normalized spacial score (nSPS) is 27.4. The number of ether oxygens (including phenoxy) is 7. The lowest BCUT2D eigenvalue weighted by Gasteiger charge is -2.55. The lowest BCUT2D eigenvalue weighted by molar-refractivity contribution is -0.359. The van der Waals surface area contributed by atoms with Gasteiger partial charge in [0, 0.05) is 57.7 Å². The van der Waals surface area contributed by atoms with Gasteiger partial charge in [-0.3, -0.25) is 0 Å². The van der Waals surface area contributed by atoms with E-state index in [1.165, 1.54) is 7.11 Å². The molecule has 0 aromatic heterocycles. The van der Waals surface area contributed by atoms with Crippen LogP contribution in [0.3, 0.4) is 0 Å². The summed E-state index contributed by atoms with van der Waals surface area (Å²) in [5.74, 6) is -1.53.